The highest BCUT2D eigenvalue weighted by molar-refractivity contribution is 5.92. The number of hydrogen-bond acceptors (Lipinski definition) is 3. The Kier molecular flexibility index (Phi) is 5.11. The highest BCUT2D eigenvalue weighted by Crippen LogP contribution is 2.28. The number of amides is 1. The molecule has 0 radical (unpaired) electrons. The summed E-state index contributed by atoms with van der Waals surface area (Å²) in [6.07, 6.45) is 5.13. The van der Waals surface area contributed by atoms with Gasteiger partial charge in [-0.25, -0.2) is 0 Å². The molecule has 1 aromatic rings. The molecule has 4 nitrogen and oxygen atoms in total. The second-order valence-corrected chi connectivity index (χ2v) is 6.77. The van der Waals surface area contributed by atoms with E-state index in [1.807, 2.05) is 31.2 Å². The van der Waals surface area contributed by atoms with Crippen LogP contribution in [0.3, 0.4) is 0 Å². The number of carbonyl (C=O) groups excluding carboxylic acids is 1. The molecule has 1 saturated heterocycles. The van der Waals surface area contributed by atoms with Crippen LogP contribution in [-0.4, -0.2) is 43.0 Å². The molecule has 0 atom stereocenters. The lowest BCUT2D eigenvalue weighted by atomic mass is 10.0. The van der Waals surface area contributed by atoms with Crippen molar-refractivity contribution in [3.63, 3.8) is 0 Å². The van der Waals surface area contributed by atoms with Crippen molar-refractivity contribution in [1.82, 2.24) is 10.2 Å². The van der Waals surface area contributed by atoms with Crippen LogP contribution < -0.4 is 10.6 Å². The van der Waals surface area contributed by atoms with Gasteiger partial charge in [0.25, 0.3) is 0 Å². The van der Waals surface area contributed by atoms with Gasteiger partial charge in [0, 0.05) is 24.8 Å². The topological polar surface area (TPSA) is 44.4 Å². The van der Waals surface area contributed by atoms with E-state index in [2.05, 4.69) is 15.5 Å². The minimum atomic E-state index is 0.0960. The highest BCUT2D eigenvalue weighted by atomic mass is 16.2. The quantitative estimate of drug-likeness (QED) is 0.848. The molecule has 1 amide bonds. The largest absolute Gasteiger partial charge is 0.325 e. The van der Waals surface area contributed by atoms with Gasteiger partial charge in [-0.05, 0) is 56.7 Å². The zero-order valence-electron chi connectivity index (χ0n) is 13.5. The number of piperidine rings is 1. The summed E-state index contributed by atoms with van der Waals surface area (Å²) in [5.74, 6) is 1.04. The van der Waals surface area contributed by atoms with Crippen LogP contribution >= 0.6 is 0 Å². The summed E-state index contributed by atoms with van der Waals surface area (Å²) in [5.41, 5.74) is 2.03. The molecule has 1 saturated carbocycles. The second kappa shape index (κ2) is 7.25. The summed E-state index contributed by atoms with van der Waals surface area (Å²) < 4.78 is 0. The Labute approximate surface area is 133 Å². The Bertz CT molecular complexity index is 505. The van der Waals surface area contributed by atoms with E-state index >= 15 is 0 Å². The first-order valence-corrected chi connectivity index (χ1v) is 8.52. The van der Waals surface area contributed by atoms with Gasteiger partial charge in [-0.2, -0.15) is 0 Å². The van der Waals surface area contributed by atoms with Crippen LogP contribution in [0.25, 0.3) is 0 Å². The molecular weight excluding hydrogens is 274 g/mol. The molecule has 1 aliphatic heterocycles. The average Bonchev–Trinajstić information content (AvgIpc) is 3.33. The molecule has 0 unspecified atom stereocenters. The fraction of sp³-hybridized carbons (Fsp3) is 0.611. The number of nitrogens with one attached hydrogen (secondary N) is 2. The molecule has 0 bridgehead atoms. The van der Waals surface area contributed by atoms with E-state index in [-0.39, 0.29) is 5.91 Å². The molecule has 2 fully saturated rings. The first-order chi connectivity index (χ1) is 10.7. The number of carbonyl (C=O) groups is 1. The Morgan fingerprint density at radius 1 is 1.18 bits per heavy atom. The molecule has 120 valence electrons. The van der Waals surface area contributed by atoms with Crippen molar-refractivity contribution >= 4 is 11.6 Å². The first kappa shape index (κ1) is 15.5. The Balaban J connectivity index is 1.38. The SMILES string of the molecule is Cc1ccccc1NC(=O)CN1CCC(NCC2CC2)CC1. The summed E-state index contributed by atoms with van der Waals surface area (Å²) >= 11 is 0. The maximum Gasteiger partial charge on any atom is 0.238 e. The maximum absolute atomic E-state index is 12.2. The highest BCUT2D eigenvalue weighted by Gasteiger charge is 2.24. The summed E-state index contributed by atoms with van der Waals surface area (Å²) in [7, 11) is 0. The Hall–Kier alpha value is -1.39. The van der Waals surface area contributed by atoms with Crippen LogP contribution in [0.4, 0.5) is 5.69 Å². The summed E-state index contributed by atoms with van der Waals surface area (Å²) in [4.78, 5) is 14.4. The van der Waals surface area contributed by atoms with Crippen molar-refractivity contribution in [2.24, 2.45) is 5.92 Å². The third kappa shape index (κ3) is 4.55. The van der Waals surface area contributed by atoms with Crippen molar-refractivity contribution in [1.29, 1.82) is 0 Å². The lowest BCUT2D eigenvalue weighted by Crippen LogP contribution is -2.45. The van der Waals surface area contributed by atoms with Crippen LogP contribution in [0, 0.1) is 12.8 Å². The van der Waals surface area contributed by atoms with Gasteiger partial charge in [-0.3, -0.25) is 9.69 Å². The summed E-state index contributed by atoms with van der Waals surface area (Å²) in [5, 5.41) is 6.70. The molecule has 1 aromatic carbocycles. The number of anilines is 1. The summed E-state index contributed by atoms with van der Waals surface area (Å²) in [6, 6.07) is 8.58. The third-order valence-corrected chi connectivity index (χ3v) is 4.77. The van der Waals surface area contributed by atoms with Gasteiger partial charge < -0.3 is 10.6 Å². The van der Waals surface area contributed by atoms with Crippen LogP contribution in [0.15, 0.2) is 24.3 Å². The summed E-state index contributed by atoms with van der Waals surface area (Å²) in [6.45, 7) is 5.75. The minimum Gasteiger partial charge on any atom is -0.325 e. The molecule has 22 heavy (non-hydrogen) atoms. The van der Waals surface area contributed by atoms with E-state index in [0.717, 1.165) is 43.1 Å². The number of rotatable bonds is 6. The van der Waals surface area contributed by atoms with Crippen LogP contribution in [0.5, 0.6) is 0 Å². The van der Waals surface area contributed by atoms with Crippen molar-refractivity contribution in [2.45, 2.75) is 38.6 Å². The van der Waals surface area contributed by atoms with Crippen LogP contribution in [0.1, 0.15) is 31.2 Å². The molecule has 0 aromatic heterocycles. The normalized spacial score (nSPS) is 20.0. The van der Waals surface area contributed by atoms with Crippen molar-refractivity contribution in [3.8, 4) is 0 Å². The maximum atomic E-state index is 12.2. The van der Waals surface area contributed by atoms with Gasteiger partial charge in [0.15, 0.2) is 0 Å². The molecule has 1 heterocycles. The zero-order valence-corrected chi connectivity index (χ0v) is 13.5. The van der Waals surface area contributed by atoms with E-state index in [9.17, 15) is 4.79 Å². The monoisotopic (exact) mass is 301 g/mol. The Morgan fingerprint density at radius 3 is 2.59 bits per heavy atom. The van der Waals surface area contributed by atoms with E-state index in [1.165, 1.54) is 19.4 Å². The number of para-hydroxylation sites is 1. The fourth-order valence-electron chi connectivity index (χ4n) is 3.06. The van der Waals surface area contributed by atoms with Crippen LogP contribution in [0.2, 0.25) is 0 Å². The van der Waals surface area contributed by atoms with E-state index in [0.29, 0.717) is 12.6 Å². The van der Waals surface area contributed by atoms with Gasteiger partial charge in [0.05, 0.1) is 6.54 Å². The number of likely N-dealkylation sites (tertiary alicyclic amines) is 1. The minimum absolute atomic E-state index is 0.0960. The molecule has 3 rings (SSSR count). The first-order valence-electron chi connectivity index (χ1n) is 8.52. The van der Waals surface area contributed by atoms with Crippen molar-refractivity contribution < 1.29 is 4.79 Å². The van der Waals surface area contributed by atoms with Gasteiger partial charge in [-0.15, -0.1) is 0 Å². The Morgan fingerprint density at radius 2 is 1.91 bits per heavy atom. The number of nitrogens with zero attached hydrogens (tertiary/aromatic N) is 1. The lowest BCUT2D eigenvalue weighted by molar-refractivity contribution is -0.117. The molecule has 2 N–H and O–H groups in total. The molecule has 0 spiro atoms. The fourth-order valence-corrected chi connectivity index (χ4v) is 3.06. The average molecular weight is 301 g/mol. The van der Waals surface area contributed by atoms with Crippen molar-refractivity contribution in [2.75, 3.05) is 31.5 Å². The molecular formula is C18H27N3O. The van der Waals surface area contributed by atoms with Gasteiger partial charge in [0.2, 0.25) is 5.91 Å². The predicted octanol–water partition coefficient (Wildman–Crippen LogP) is 2.40. The number of aryl methyl sites for hydroxylation is 1. The van der Waals surface area contributed by atoms with Gasteiger partial charge >= 0.3 is 0 Å². The van der Waals surface area contributed by atoms with E-state index in [1.54, 1.807) is 0 Å². The molecule has 2 aliphatic rings. The van der Waals surface area contributed by atoms with Crippen molar-refractivity contribution in [3.05, 3.63) is 29.8 Å². The smallest absolute Gasteiger partial charge is 0.238 e. The third-order valence-electron chi connectivity index (χ3n) is 4.77. The molecule has 1 aliphatic carbocycles. The van der Waals surface area contributed by atoms with Crippen LogP contribution in [-0.2, 0) is 4.79 Å². The lowest BCUT2D eigenvalue weighted by Gasteiger charge is -2.32. The number of hydrogen-bond donors (Lipinski definition) is 2. The van der Waals surface area contributed by atoms with E-state index < -0.39 is 0 Å². The predicted molar refractivity (Wildman–Crippen MR) is 90.0 cm³/mol. The van der Waals surface area contributed by atoms with Gasteiger partial charge in [-0.1, -0.05) is 18.2 Å². The number of benzene rings is 1. The second-order valence-electron chi connectivity index (χ2n) is 6.77. The van der Waals surface area contributed by atoms with E-state index in [4.69, 9.17) is 0 Å². The van der Waals surface area contributed by atoms with Gasteiger partial charge in [0.1, 0.15) is 0 Å². The standard InChI is InChI=1S/C18H27N3O/c1-14-4-2-3-5-17(14)20-18(22)13-21-10-8-16(9-11-21)19-12-15-6-7-15/h2-5,15-16,19H,6-13H2,1H3,(H,20,22). The molecule has 4 heteroatoms. The zero-order chi connectivity index (χ0) is 15.4.